The molecule has 4 heteroatoms. The predicted octanol–water partition coefficient (Wildman–Crippen LogP) is 2.49. The van der Waals surface area contributed by atoms with E-state index in [0.29, 0.717) is 13.3 Å². The molecule has 0 atom stereocenters. The molecule has 19 heavy (non-hydrogen) atoms. The van der Waals surface area contributed by atoms with Crippen molar-refractivity contribution in [2.24, 2.45) is 5.73 Å². The standard InChI is InChI=1S/C15H16N2O2/c16-8-11-1-4-13(5-2-11)17-9-12-3-6-14-15(7-12)19-10-18-14/h1-7,17H,8-10,16H2. The Morgan fingerprint density at radius 2 is 1.68 bits per heavy atom. The molecule has 3 N–H and O–H groups in total. The Morgan fingerprint density at radius 1 is 0.947 bits per heavy atom. The van der Waals surface area contributed by atoms with Crippen LogP contribution in [-0.4, -0.2) is 6.79 Å². The number of rotatable bonds is 4. The number of nitrogens with two attached hydrogens (primary N) is 1. The van der Waals surface area contributed by atoms with Gasteiger partial charge in [0.1, 0.15) is 0 Å². The summed E-state index contributed by atoms with van der Waals surface area (Å²) >= 11 is 0. The first-order chi connectivity index (χ1) is 9.35. The van der Waals surface area contributed by atoms with Crippen molar-refractivity contribution in [2.75, 3.05) is 12.1 Å². The van der Waals surface area contributed by atoms with E-state index in [2.05, 4.69) is 5.32 Å². The molecule has 0 saturated carbocycles. The summed E-state index contributed by atoms with van der Waals surface area (Å²) in [4.78, 5) is 0. The van der Waals surface area contributed by atoms with Crippen LogP contribution in [-0.2, 0) is 13.1 Å². The molecule has 0 bridgehead atoms. The van der Waals surface area contributed by atoms with Gasteiger partial charge in [-0.15, -0.1) is 0 Å². The van der Waals surface area contributed by atoms with Gasteiger partial charge in [0.05, 0.1) is 0 Å². The molecule has 4 nitrogen and oxygen atoms in total. The van der Waals surface area contributed by atoms with Gasteiger partial charge < -0.3 is 20.5 Å². The minimum atomic E-state index is 0.312. The lowest BCUT2D eigenvalue weighted by atomic mass is 10.2. The number of ether oxygens (including phenoxy) is 2. The summed E-state index contributed by atoms with van der Waals surface area (Å²) in [5, 5.41) is 3.37. The second-order valence-electron chi connectivity index (χ2n) is 4.44. The van der Waals surface area contributed by atoms with Crippen molar-refractivity contribution in [2.45, 2.75) is 13.1 Å². The van der Waals surface area contributed by atoms with E-state index in [-0.39, 0.29) is 0 Å². The SMILES string of the molecule is NCc1ccc(NCc2ccc3c(c2)OCO3)cc1. The van der Waals surface area contributed by atoms with Crippen LogP contribution in [0.2, 0.25) is 0 Å². The fraction of sp³-hybridized carbons (Fsp3) is 0.200. The maximum absolute atomic E-state index is 5.57. The van der Waals surface area contributed by atoms with Crippen LogP contribution in [0.3, 0.4) is 0 Å². The largest absolute Gasteiger partial charge is 0.454 e. The third-order valence-corrected chi connectivity index (χ3v) is 3.12. The van der Waals surface area contributed by atoms with Gasteiger partial charge >= 0.3 is 0 Å². The maximum atomic E-state index is 5.57. The van der Waals surface area contributed by atoms with E-state index in [4.69, 9.17) is 15.2 Å². The smallest absolute Gasteiger partial charge is 0.231 e. The number of hydrogen-bond donors (Lipinski definition) is 2. The summed E-state index contributed by atoms with van der Waals surface area (Å²) in [6, 6.07) is 14.1. The van der Waals surface area contributed by atoms with E-state index in [1.165, 1.54) is 0 Å². The Balaban J connectivity index is 1.65. The zero-order valence-corrected chi connectivity index (χ0v) is 10.6. The Morgan fingerprint density at radius 3 is 2.47 bits per heavy atom. The maximum Gasteiger partial charge on any atom is 0.231 e. The van der Waals surface area contributed by atoms with Crippen LogP contribution < -0.4 is 20.5 Å². The highest BCUT2D eigenvalue weighted by Gasteiger charge is 2.12. The van der Waals surface area contributed by atoms with Gasteiger partial charge in [0.25, 0.3) is 0 Å². The fourth-order valence-electron chi connectivity index (χ4n) is 2.01. The van der Waals surface area contributed by atoms with Crippen LogP contribution in [0.15, 0.2) is 42.5 Å². The average Bonchev–Trinajstić information content (AvgIpc) is 2.93. The number of hydrogen-bond acceptors (Lipinski definition) is 4. The Labute approximate surface area is 112 Å². The van der Waals surface area contributed by atoms with Crippen molar-refractivity contribution in [3.05, 3.63) is 53.6 Å². The van der Waals surface area contributed by atoms with Gasteiger partial charge in [0.2, 0.25) is 6.79 Å². The van der Waals surface area contributed by atoms with Gasteiger partial charge in [-0.3, -0.25) is 0 Å². The zero-order chi connectivity index (χ0) is 13.1. The summed E-state index contributed by atoms with van der Waals surface area (Å²) in [6.45, 7) is 1.63. The van der Waals surface area contributed by atoms with Crippen molar-refractivity contribution in [3.8, 4) is 11.5 Å². The van der Waals surface area contributed by atoms with Crippen LogP contribution in [0.4, 0.5) is 5.69 Å². The number of nitrogens with one attached hydrogen (secondary N) is 1. The van der Waals surface area contributed by atoms with Gasteiger partial charge in [-0.25, -0.2) is 0 Å². The molecule has 3 rings (SSSR count). The molecule has 1 heterocycles. The third kappa shape index (κ3) is 2.63. The molecule has 0 amide bonds. The molecule has 0 saturated heterocycles. The summed E-state index contributed by atoms with van der Waals surface area (Å²) in [6.07, 6.45) is 0. The lowest BCUT2D eigenvalue weighted by molar-refractivity contribution is 0.174. The van der Waals surface area contributed by atoms with Crippen molar-refractivity contribution in [1.82, 2.24) is 0 Å². The molecule has 0 aromatic heterocycles. The van der Waals surface area contributed by atoms with E-state index in [1.807, 2.05) is 42.5 Å². The summed E-state index contributed by atoms with van der Waals surface area (Å²) in [7, 11) is 0. The molecule has 0 spiro atoms. The Bertz CT molecular complexity index is 567. The van der Waals surface area contributed by atoms with Gasteiger partial charge in [-0.2, -0.15) is 0 Å². The summed E-state index contributed by atoms with van der Waals surface area (Å²) in [5.74, 6) is 1.63. The quantitative estimate of drug-likeness (QED) is 0.882. The molecule has 1 aliphatic rings. The Hall–Kier alpha value is -2.20. The minimum absolute atomic E-state index is 0.312. The molecule has 0 fully saturated rings. The molecular formula is C15H16N2O2. The summed E-state index contributed by atoms with van der Waals surface area (Å²) < 4.78 is 10.6. The van der Waals surface area contributed by atoms with E-state index < -0.39 is 0 Å². The summed E-state index contributed by atoms with van der Waals surface area (Å²) in [5.41, 5.74) is 8.94. The van der Waals surface area contributed by atoms with E-state index in [9.17, 15) is 0 Å². The second kappa shape index (κ2) is 5.20. The van der Waals surface area contributed by atoms with E-state index in [1.54, 1.807) is 0 Å². The van der Waals surface area contributed by atoms with Gasteiger partial charge in [-0.05, 0) is 35.4 Å². The first kappa shape index (κ1) is 11.9. The van der Waals surface area contributed by atoms with Crippen LogP contribution in [0, 0.1) is 0 Å². The van der Waals surface area contributed by atoms with Crippen LogP contribution in [0.5, 0.6) is 11.5 Å². The van der Waals surface area contributed by atoms with E-state index >= 15 is 0 Å². The first-order valence-electron chi connectivity index (χ1n) is 6.26. The lowest BCUT2D eigenvalue weighted by Gasteiger charge is -2.08. The van der Waals surface area contributed by atoms with E-state index in [0.717, 1.165) is 34.9 Å². The molecule has 2 aromatic carbocycles. The van der Waals surface area contributed by atoms with Gasteiger partial charge in [0.15, 0.2) is 11.5 Å². The molecule has 0 aliphatic carbocycles. The van der Waals surface area contributed by atoms with Gasteiger partial charge in [0, 0.05) is 18.8 Å². The van der Waals surface area contributed by atoms with Crippen molar-refractivity contribution in [3.63, 3.8) is 0 Å². The third-order valence-electron chi connectivity index (χ3n) is 3.12. The predicted molar refractivity (Wildman–Crippen MR) is 74.2 cm³/mol. The molecule has 0 radical (unpaired) electrons. The monoisotopic (exact) mass is 256 g/mol. The molecule has 0 unspecified atom stereocenters. The number of fused-ring (bicyclic) bond motifs is 1. The van der Waals surface area contributed by atoms with Crippen LogP contribution >= 0.6 is 0 Å². The zero-order valence-electron chi connectivity index (χ0n) is 10.6. The lowest BCUT2D eigenvalue weighted by Crippen LogP contribution is -2.00. The first-order valence-corrected chi connectivity index (χ1v) is 6.26. The highest BCUT2D eigenvalue weighted by Crippen LogP contribution is 2.32. The number of anilines is 1. The molecule has 1 aliphatic heterocycles. The second-order valence-corrected chi connectivity index (χ2v) is 4.44. The average molecular weight is 256 g/mol. The highest BCUT2D eigenvalue weighted by atomic mass is 16.7. The van der Waals surface area contributed by atoms with Crippen molar-refractivity contribution < 1.29 is 9.47 Å². The minimum Gasteiger partial charge on any atom is -0.454 e. The fourth-order valence-corrected chi connectivity index (χ4v) is 2.01. The van der Waals surface area contributed by atoms with Gasteiger partial charge in [-0.1, -0.05) is 18.2 Å². The molecule has 2 aromatic rings. The Kier molecular flexibility index (Phi) is 3.25. The van der Waals surface area contributed by atoms with Crippen LogP contribution in [0.25, 0.3) is 0 Å². The normalized spacial score (nSPS) is 12.5. The topological polar surface area (TPSA) is 56.5 Å². The van der Waals surface area contributed by atoms with Crippen molar-refractivity contribution >= 4 is 5.69 Å². The molecule has 98 valence electrons. The highest BCUT2D eigenvalue weighted by molar-refractivity contribution is 5.48. The molecular weight excluding hydrogens is 240 g/mol. The van der Waals surface area contributed by atoms with Crippen LogP contribution in [0.1, 0.15) is 11.1 Å². The number of benzene rings is 2. The van der Waals surface area contributed by atoms with Crippen molar-refractivity contribution in [1.29, 1.82) is 0 Å².